The summed E-state index contributed by atoms with van der Waals surface area (Å²) in [4.78, 5) is 28.5. The van der Waals surface area contributed by atoms with Crippen molar-refractivity contribution in [2.45, 2.75) is 6.42 Å². The van der Waals surface area contributed by atoms with E-state index in [-0.39, 0.29) is 5.43 Å². The van der Waals surface area contributed by atoms with E-state index in [2.05, 4.69) is 19.9 Å². The second-order valence-corrected chi connectivity index (χ2v) is 5.63. The third-order valence-electron chi connectivity index (χ3n) is 3.37. The minimum absolute atomic E-state index is 0.0210. The summed E-state index contributed by atoms with van der Waals surface area (Å²) in [6.07, 6.45) is 9.09. The van der Waals surface area contributed by atoms with Gasteiger partial charge < -0.3 is 4.98 Å². The highest BCUT2D eigenvalue weighted by Crippen LogP contribution is 2.18. The fourth-order valence-electron chi connectivity index (χ4n) is 2.40. The lowest BCUT2D eigenvalue weighted by molar-refractivity contribution is 0.966. The SMILES string of the molecule is O=c1c(Cc2ncc[nH]2)cn(-c2nccs2)c2ncccc12. The average molecular weight is 309 g/mol. The average Bonchev–Trinajstić information content (AvgIpc) is 3.23. The van der Waals surface area contributed by atoms with Gasteiger partial charge in [0.1, 0.15) is 11.5 Å². The van der Waals surface area contributed by atoms with E-state index in [4.69, 9.17) is 0 Å². The molecular weight excluding hydrogens is 298 g/mol. The Morgan fingerprint density at radius 3 is 2.91 bits per heavy atom. The van der Waals surface area contributed by atoms with Gasteiger partial charge in [-0.3, -0.25) is 9.36 Å². The highest BCUT2D eigenvalue weighted by Gasteiger charge is 2.13. The number of H-pyrrole nitrogens is 1. The fraction of sp³-hybridized carbons (Fsp3) is 0.0667. The van der Waals surface area contributed by atoms with Crippen LogP contribution in [0.3, 0.4) is 0 Å². The van der Waals surface area contributed by atoms with Crippen LogP contribution in [0.25, 0.3) is 16.2 Å². The lowest BCUT2D eigenvalue weighted by Crippen LogP contribution is -2.15. The van der Waals surface area contributed by atoms with E-state index in [1.807, 2.05) is 9.95 Å². The molecule has 0 aliphatic rings. The normalized spacial score (nSPS) is 11.1. The van der Waals surface area contributed by atoms with E-state index in [0.29, 0.717) is 23.0 Å². The molecule has 4 aromatic rings. The summed E-state index contributed by atoms with van der Waals surface area (Å²) in [5.41, 5.74) is 1.25. The first-order valence-electron chi connectivity index (χ1n) is 6.70. The minimum Gasteiger partial charge on any atom is -0.348 e. The van der Waals surface area contributed by atoms with Gasteiger partial charge in [-0.1, -0.05) is 0 Å². The molecule has 4 aromatic heterocycles. The topological polar surface area (TPSA) is 76.5 Å². The molecule has 0 bridgehead atoms. The predicted molar refractivity (Wildman–Crippen MR) is 84.4 cm³/mol. The van der Waals surface area contributed by atoms with E-state index < -0.39 is 0 Å². The van der Waals surface area contributed by atoms with Gasteiger partial charge in [0.05, 0.1) is 5.39 Å². The van der Waals surface area contributed by atoms with Crippen LogP contribution in [-0.4, -0.2) is 24.5 Å². The van der Waals surface area contributed by atoms with Crippen LogP contribution in [0, 0.1) is 0 Å². The Morgan fingerprint density at radius 1 is 1.18 bits per heavy atom. The summed E-state index contributed by atoms with van der Waals surface area (Å²) in [6.45, 7) is 0. The van der Waals surface area contributed by atoms with Crippen LogP contribution in [0.4, 0.5) is 0 Å². The van der Waals surface area contributed by atoms with Crippen molar-refractivity contribution in [2.75, 3.05) is 0 Å². The van der Waals surface area contributed by atoms with E-state index in [1.54, 1.807) is 43.1 Å². The summed E-state index contributed by atoms with van der Waals surface area (Å²) in [5, 5.41) is 3.26. The van der Waals surface area contributed by atoms with Crippen molar-refractivity contribution in [3.8, 4) is 5.13 Å². The number of rotatable bonds is 3. The van der Waals surface area contributed by atoms with Gasteiger partial charge in [0, 0.05) is 48.3 Å². The summed E-state index contributed by atoms with van der Waals surface area (Å²) in [5.74, 6) is 0.756. The zero-order valence-corrected chi connectivity index (χ0v) is 12.2. The van der Waals surface area contributed by atoms with E-state index >= 15 is 0 Å². The lowest BCUT2D eigenvalue weighted by Gasteiger charge is -2.09. The van der Waals surface area contributed by atoms with Crippen LogP contribution in [0.2, 0.25) is 0 Å². The third-order valence-corrected chi connectivity index (χ3v) is 4.14. The highest BCUT2D eigenvalue weighted by atomic mass is 32.1. The van der Waals surface area contributed by atoms with Gasteiger partial charge in [-0.25, -0.2) is 15.0 Å². The number of pyridine rings is 2. The predicted octanol–water partition coefficient (Wildman–Crippen LogP) is 2.16. The van der Waals surface area contributed by atoms with Gasteiger partial charge in [0.2, 0.25) is 0 Å². The lowest BCUT2D eigenvalue weighted by atomic mass is 10.1. The fourth-order valence-corrected chi connectivity index (χ4v) is 3.01. The van der Waals surface area contributed by atoms with Crippen molar-refractivity contribution in [3.05, 3.63) is 70.1 Å². The van der Waals surface area contributed by atoms with Crippen molar-refractivity contribution in [1.29, 1.82) is 0 Å². The first kappa shape index (κ1) is 12.9. The largest absolute Gasteiger partial charge is 0.348 e. The van der Waals surface area contributed by atoms with E-state index in [1.165, 1.54) is 11.3 Å². The Morgan fingerprint density at radius 2 is 2.14 bits per heavy atom. The van der Waals surface area contributed by atoms with Crippen molar-refractivity contribution >= 4 is 22.4 Å². The number of nitrogens with zero attached hydrogens (tertiary/aromatic N) is 4. The molecule has 6 nitrogen and oxygen atoms in total. The quantitative estimate of drug-likeness (QED) is 0.629. The van der Waals surface area contributed by atoms with Gasteiger partial charge in [0.15, 0.2) is 10.6 Å². The molecule has 0 saturated heterocycles. The molecule has 0 spiro atoms. The van der Waals surface area contributed by atoms with Crippen LogP contribution >= 0.6 is 11.3 Å². The monoisotopic (exact) mass is 309 g/mol. The van der Waals surface area contributed by atoms with Crippen LogP contribution in [0.1, 0.15) is 11.4 Å². The molecular formula is C15H11N5OS. The maximum Gasteiger partial charge on any atom is 0.195 e. The van der Waals surface area contributed by atoms with Crippen LogP contribution in [-0.2, 0) is 6.42 Å². The molecule has 0 saturated carbocycles. The van der Waals surface area contributed by atoms with Gasteiger partial charge in [-0.05, 0) is 12.1 Å². The van der Waals surface area contributed by atoms with Gasteiger partial charge in [-0.15, -0.1) is 11.3 Å². The summed E-state index contributed by atoms with van der Waals surface area (Å²) < 4.78 is 1.86. The molecule has 0 aliphatic carbocycles. The molecule has 108 valence electrons. The summed E-state index contributed by atoms with van der Waals surface area (Å²) in [7, 11) is 0. The number of nitrogens with one attached hydrogen (secondary N) is 1. The Hall–Kier alpha value is -2.80. The molecule has 7 heteroatoms. The van der Waals surface area contributed by atoms with Crippen LogP contribution in [0.15, 0.2) is 53.3 Å². The second kappa shape index (κ2) is 5.19. The highest BCUT2D eigenvalue weighted by molar-refractivity contribution is 7.12. The molecule has 0 aromatic carbocycles. The molecule has 0 aliphatic heterocycles. The summed E-state index contributed by atoms with van der Waals surface area (Å²) >= 11 is 1.50. The third kappa shape index (κ3) is 2.11. The van der Waals surface area contributed by atoms with Gasteiger partial charge >= 0.3 is 0 Å². The molecule has 0 unspecified atom stereocenters. The minimum atomic E-state index is -0.0210. The molecule has 4 heterocycles. The Balaban J connectivity index is 1.98. The number of aromatic nitrogens is 5. The smallest absolute Gasteiger partial charge is 0.195 e. The molecule has 0 amide bonds. The van der Waals surface area contributed by atoms with E-state index in [0.717, 1.165) is 11.0 Å². The number of imidazole rings is 1. The maximum atomic E-state index is 12.7. The van der Waals surface area contributed by atoms with Crippen LogP contribution in [0.5, 0.6) is 0 Å². The molecule has 0 fully saturated rings. The number of aromatic amines is 1. The number of hydrogen-bond donors (Lipinski definition) is 1. The second-order valence-electron chi connectivity index (χ2n) is 4.76. The Kier molecular flexibility index (Phi) is 3.05. The van der Waals surface area contributed by atoms with Crippen molar-refractivity contribution in [2.24, 2.45) is 0 Å². The summed E-state index contributed by atoms with van der Waals surface area (Å²) in [6, 6.07) is 3.56. The van der Waals surface area contributed by atoms with Gasteiger partial charge in [-0.2, -0.15) is 0 Å². The van der Waals surface area contributed by atoms with Crippen molar-refractivity contribution < 1.29 is 0 Å². The molecule has 1 N–H and O–H groups in total. The molecule has 4 rings (SSSR count). The number of fused-ring (bicyclic) bond motifs is 1. The molecule has 22 heavy (non-hydrogen) atoms. The van der Waals surface area contributed by atoms with E-state index in [9.17, 15) is 4.79 Å². The first-order valence-corrected chi connectivity index (χ1v) is 7.58. The first-order chi connectivity index (χ1) is 10.8. The zero-order chi connectivity index (χ0) is 14.9. The van der Waals surface area contributed by atoms with Crippen LogP contribution < -0.4 is 5.43 Å². The number of thiazole rings is 1. The van der Waals surface area contributed by atoms with Crippen molar-refractivity contribution in [3.63, 3.8) is 0 Å². The Labute approximate surface area is 129 Å². The molecule has 0 radical (unpaired) electrons. The standard InChI is InChI=1S/C15H11N5OS/c21-13-10(8-12-16-4-5-17-12)9-20(15-19-6-7-22-15)14-11(13)2-1-3-18-14/h1-7,9H,8H2,(H,16,17). The molecule has 0 atom stereocenters. The number of hydrogen-bond acceptors (Lipinski definition) is 5. The maximum absolute atomic E-state index is 12.7. The zero-order valence-electron chi connectivity index (χ0n) is 11.4. The van der Waals surface area contributed by atoms with Crippen molar-refractivity contribution in [1.82, 2.24) is 24.5 Å². The van der Waals surface area contributed by atoms with Gasteiger partial charge in [0.25, 0.3) is 0 Å². The Bertz CT molecular complexity index is 973.